The molecular formula is C27H29FN2O3. The van der Waals surface area contributed by atoms with E-state index in [-0.39, 0.29) is 23.7 Å². The third-order valence-electron chi connectivity index (χ3n) is 7.41. The van der Waals surface area contributed by atoms with Gasteiger partial charge in [0.15, 0.2) is 0 Å². The van der Waals surface area contributed by atoms with Crippen LogP contribution in [0.5, 0.6) is 0 Å². The first-order valence-corrected chi connectivity index (χ1v) is 11.9. The second-order valence-electron chi connectivity index (χ2n) is 9.38. The second-order valence-corrected chi connectivity index (χ2v) is 9.38. The van der Waals surface area contributed by atoms with Gasteiger partial charge in [-0.25, -0.2) is 9.18 Å². The molecule has 2 unspecified atom stereocenters. The van der Waals surface area contributed by atoms with E-state index >= 15 is 0 Å². The molecule has 1 amide bonds. The topological polar surface area (TPSA) is 71.3 Å². The van der Waals surface area contributed by atoms with Crippen LogP contribution in [0.25, 0.3) is 10.9 Å². The Hall–Kier alpha value is -3.15. The SMILES string of the molecule is CCC(C(=O)O)n1c2c(c3cc(F)ccc31)C[C@@H](NC(=O)C1CCc3ccccc3C1)CC2. The molecule has 5 rings (SSSR count). The Morgan fingerprint density at radius 1 is 1.12 bits per heavy atom. The van der Waals surface area contributed by atoms with Gasteiger partial charge in [0, 0.05) is 28.6 Å². The number of carboxylic acids is 1. The van der Waals surface area contributed by atoms with Crippen molar-refractivity contribution < 1.29 is 19.1 Å². The number of amides is 1. The fourth-order valence-electron chi connectivity index (χ4n) is 5.75. The number of rotatable bonds is 5. The molecule has 0 radical (unpaired) electrons. The van der Waals surface area contributed by atoms with Crippen molar-refractivity contribution >= 4 is 22.8 Å². The molecule has 2 aromatic carbocycles. The zero-order valence-corrected chi connectivity index (χ0v) is 18.8. The number of carbonyl (C=O) groups is 2. The number of carboxylic acid groups (broad SMARTS) is 1. The molecule has 0 bridgehead atoms. The summed E-state index contributed by atoms with van der Waals surface area (Å²) in [7, 11) is 0. The van der Waals surface area contributed by atoms with Crippen molar-refractivity contribution in [3.05, 3.63) is 70.7 Å². The molecule has 1 aromatic heterocycles. The number of halogens is 1. The number of aromatic nitrogens is 1. The van der Waals surface area contributed by atoms with Crippen molar-refractivity contribution in [1.82, 2.24) is 9.88 Å². The third-order valence-corrected chi connectivity index (χ3v) is 7.41. The number of aryl methyl sites for hydroxylation is 1. The first-order valence-electron chi connectivity index (χ1n) is 11.9. The Balaban J connectivity index is 1.40. The number of carbonyl (C=O) groups excluding carboxylic acids is 1. The van der Waals surface area contributed by atoms with E-state index in [1.54, 1.807) is 6.07 Å². The summed E-state index contributed by atoms with van der Waals surface area (Å²) in [6.45, 7) is 1.86. The van der Waals surface area contributed by atoms with Crippen LogP contribution in [-0.4, -0.2) is 27.6 Å². The molecule has 0 spiro atoms. The average Bonchev–Trinajstić information content (AvgIpc) is 3.12. The van der Waals surface area contributed by atoms with E-state index in [0.29, 0.717) is 19.3 Å². The van der Waals surface area contributed by atoms with Gasteiger partial charge in [0.1, 0.15) is 11.9 Å². The molecule has 0 saturated carbocycles. The van der Waals surface area contributed by atoms with Crippen LogP contribution >= 0.6 is 0 Å². The van der Waals surface area contributed by atoms with E-state index in [1.807, 2.05) is 23.6 Å². The van der Waals surface area contributed by atoms with Crippen molar-refractivity contribution in [2.75, 3.05) is 0 Å². The summed E-state index contributed by atoms with van der Waals surface area (Å²) in [5.41, 5.74) is 5.28. The van der Waals surface area contributed by atoms with Gasteiger partial charge >= 0.3 is 5.97 Å². The summed E-state index contributed by atoms with van der Waals surface area (Å²) in [4.78, 5) is 25.0. The van der Waals surface area contributed by atoms with Gasteiger partial charge in [0.05, 0.1) is 0 Å². The fourth-order valence-corrected chi connectivity index (χ4v) is 5.75. The third kappa shape index (κ3) is 3.92. The highest BCUT2D eigenvalue weighted by atomic mass is 19.1. The van der Waals surface area contributed by atoms with Gasteiger partial charge in [-0.2, -0.15) is 0 Å². The molecule has 0 fully saturated rings. The van der Waals surface area contributed by atoms with Crippen LogP contribution < -0.4 is 5.32 Å². The highest BCUT2D eigenvalue weighted by Gasteiger charge is 2.32. The van der Waals surface area contributed by atoms with E-state index < -0.39 is 12.0 Å². The van der Waals surface area contributed by atoms with Crippen molar-refractivity contribution in [3.8, 4) is 0 Å². The maximum Gasteiger partial charge on any atom is 0.326 e. The standard InChI is InChI=1S/C27H29FN2O3/c1-2-23(27(32)33)30-24-11-9-19(28)14-21(24)22-15-20(10-12-25(22)30)29-26(31)18-8-7-16-5-3-4-6-17(16)13-18/h3-6,9,11,14,18,20,23H,2,7-8,10,12-13,15H2,1H3,(H,29,31)(H,32,33)/t18?,20-,23?/m0/s1. The largest absolute Gasteiger partial charge is 0.480 e. The van der Waals surface area contributed by atoms with E-state index in [1.165, 1.54) is 23.3 Å². The Bertz CT molecular complexity index is 1230. The number of fused-ring (bicyclic) bond motifs is 4. The minimum absolute atomic E-state index is 0.0310. The van der Waals surface area contributed by atoms with Gasteiger partial charge in [0.2, 0.25) is 5.91 Å². The van der Waals surface area contributed by atoms with Crippen LogP contribution in [0, 0.1) is 11.7 Å². The zero-order valence-electron chi connectivity index (χ0n) is 18.8. The van der Waals surface area contributed by atoms with Gasteiger partial charge in [-0.05, 0) is 79.8 Å². The van der Waals surface area contributed by atoms with Gasteiger partial charge in [-0.1, -0.05) is 31.2 Å². The molecule has 172 valence electrons. The highest BCUT2D eigenvalue weighted by Crippen LogP contribution is 2.36. The summed E-state index contributed by atoms with van der Waals surface area (Å²) in [5, 5.41) is 13.8. The van der Waals surface area contributed by atoms with Gasteiger partial charge < -0.3 is 15.0 Å². The average molecular weight is 449 g/mol. The van der Waals surface area contributed by atoms with Crippen LogP contribution in [0.3, 0.4) is 0 Å². The molecule has 6 heteroatoms. The van der Waals surface area contributed by atoms with Gasteiger partial charge in [0.25, 0.3) is 0 Å². The molecule has 3 atom stereocenters. The molecule has 2 N–H and O–H groups in total. The van der Waals surface area contributed by atoms with Crippen LogP contribution in [0.15, 0.2) is 42.5 Å². The number of hydrogen-bond acceptors (Lipinski definition) is 2. The van der Waals surface area contributed by atoms with Crippen LogP contribution in [0.2, 0.25) is 0 Å². The number of benzene rings is 2. The lowest BCUT2D eigenvalue weighted by Gasteiger charge is -2.29. The smallest absolute Gasteiger partial charge is 0.326 e. The van der Waals surface area contributed by atoms with Gasteiger partial charge in [-0.15, -0.1) is 0 Å². The summed E-state index contributed by atoms with van der Waals surface area (Å²) in [5.74, 6) is -1.16. The van der Waals surface area contributed by atoms with Crippen LogP contribution in [-0.2, 0) is 35.3 Å². The number of nitrogens with zero attached hydrogens (tertiary/aromatic N) is 1. The number of hydrogen-bond donors (Lipinski definition) is 2. The molecule has 5 nitrogen and oxygen atoms in total. The van der Waals surface area contributed by atoms with E-state index in [2.05, 4.69) is 17.4 Å². The molecule has 33 heavy (non-hydrogen) atoms. The Morgan fingerprint density at radius 2 is 1.91 bits per heavy atom. The lowest BCUT2D eigenvalue weighted by atomic mass is 9.83. The molecule has 0 aliphatic heterocycles. The van der Waals surface area contributed by atoms with Crippen molar-refractivity contribution in [3.63, 3.8) is 0 Å². The summed E-state index contributed by atoms with van der Waals surface area (Å²) >= 11 is 0. The fraction of sp³-hybridized carbons (Fsp3) is 0.407. The number of aliphatic carboxylic acids is 1. The van der Waals surface area contributed by atoms with Crippen LogP contribution in [0.1, 0.15) is 54.6 Å². The molecule has 1 heterocycles. The Labute approximate surface area is 192 Å². The van der Waals surface area contributed by atoms with Crippen molar-refractivity contribution in [2.45, 2.75) is 64.0 Å². The molecule has 2 aliphatic carbocycles. The lowest BCUT2D eigenvalue weighted by Crippen LogP contribution is -2.43. The first kappa shape index (κ1) is 21.7. The predicted octanol–water partition coefficient (Wildman–Crippen LogP) is 4.59. The predicted molar refractivity (Wildman–Crippen MR) is 125 cm³/mol. The maximum atomic E-state index is 14.1. The van der Waals surface area contributed by atoms with Gasteiger partial charge in [-0.3, -0.25) is 4.79 Å². The summed E-state index contributed by atoms with van der Waals surface area (Å²) in [6.07, 6.45) is 4.98. The normalized spacial score (nSPS) is 20.7. The Kier molecular flexibility index (Phi) is 5.69. The molecular weight excluding hydrogens is 419 g/mol. The first-order chi connectivity index (χ1) is 16.0. The van der Waals surface area contributed by atoms with Crippen molar-refractivity contribution in [1.29, 1.82) is 0 Å². The second kappa shape index (κ2) is 8.65. The van der Waals surface area contributed by atoms with E-state index in [0.717, 1.165) is 47.8 Å². The molecule has 3 aromatic rings. The number of nitrogens with one attached hydrogen (secondary N) is 1. The minimum atomic E-state index is -0.880. The summed E-state index contributed by atoms with van der Waals surface area (Å²) in [6, 6.07) is 12.2. The lowest BCUT2D eigenvalue weighted by molar-refractivity contribution is -0.141. The maximum absolute atomic E-state index is 14.1. The zero-order chi connectivity index (χ0) is 23.1. The Morgan fingerprint density at radius 3 is 2.67 bits per heavy atom. The highest BCUT2D eigenvalue weighted by molar-refractivity contribution is 5.88. The van der Waals surface area contributed by atoms with E-state index in [4.69, 9.17) is 0 Å². The molecule has 0 saturated heterocycles. The monoisotopic (exact) mass is 448 g/mol. The minimum Gasteiger partial charge on any atom is -0.480 e. The quantitative estimate of drug-likeness (QED) is 0.600. The van der Waals surface area contributed by atoms with E-state index in [9.17, 15) is 19.1 Å². The molecule has 2 aliphatic rings. The van der Waals surface area contributed by atoms with Crippen LogP contribution in [0.4, 0.5) is 4.39 Å². The summed E-state index contributed by atoms with van der Waals surface area (Å²) < 4.78 is 16.0. The van der Waals surface area contributed by atoms with Crippen molar-refractivity contribution in [2.24, 2.45) is 5.92 Å².